The molecule has 0 spiro atoms. The third-order valence-corrected chi connectivity index (χ3v) is 5.29. The van der Waals surface area contributed by atoms with Crippen LogP contribution < -0.4 is 10.9 Å². The standard InChI is InChI=1S/C22H17F2N5O3/c23-13-6-3-7-14(24)19(13)21(31)26-18-11-16(17-9-4-10-32-17)28-29(18)22-25-15-8-2-1-5-12(15)20(30)27-22/h3-4,6-7,9-11H,1-2,5,8H2,(H,26,31)(H,25,27,30). The number of H-pyrrole nitrogens is 1. The average Bonchev–Trinajstić information content (AvgIpc) is 3.44. The highest BCUT2D eigenvalue weighted by Crippen LogP contribution is 2.26. The number of aromatic amines is 1. The van der Waals surface area contributed by atoms with E-state index in [4.69, 9.17) is 4.42 Å². The van der Waals surface area contributed by atoms with Crippen molar-refractivity contribution in [1.29, 1.82) is 0 Å². The molecule has 0 atom stereocenters. The van der Waals surface area contributed by atoms with Gasteiger partial charge in [-0.3, -0.25) is 14.6 Å². The summed E-state index contributed by atoms with van der Waals surface area (Å²) in [6, 6.07) is 7.95. The lowest BCUT2D eigenvalue weighted by molar-refractivity contribution is 0.101. The number of hydrogen-bond acceptors (Lipinski definition) is 5. The highest BCUT2D eigenvalue weighted by Gasteiger charge is 2.23. The van der Waals surface area contributed by atoms with Crippen LogP contribution in [-0.4, -0.2) is 25.7 Å². The molecular formula is C22H17F2N5O3. The number of nitrogens with zero attached hydrogens (tertiary/aromatic N) is 3. The highest BCUT2D eigenvalue weighted by molar-refractivity contribution is 6.04. The van der Waals surface area contributed by atoms with Crippen molar-refractivity contribution >= 4 is 11.7 Å². The number of furan rings is 1. The predicted octanol–water partition coefficient (Wildman–Crippen LogP) is 3.62. The van der Waals surface area contributed by atoms with Gasteiger partial charge in [0.2, 0.25) is 5.95 Å². The molecule has 1 aromatic carbocycles. The predicted molar refractivity (Wildman–Crippen MR) is 111 cm³/mol. The number of aromatic nitrogens is 4. The molecule has 8 nitrogen and oxygen atoms in total. The minimum absolute atomic E-state index is 0.0583. The zero-order chi connectivity index (χ0) is 22.2. The number of aryl methyl sites for hydroxylation is 1. The third kappa shape index (κ3) is 3.49. The van der Waals surface area contributed by atoms with Crippen LogP contribution in [-0.2, 0) is 12.8 Å². The van der Waals surface area contributed by atoms with Crippen molar-refractivity contribution in [3.63, 3.8) is 0 Å². The van der Waals surface area contributed by atoms with Crippen molar-refractivity contribution in [2.45, 2.75) is 25.7 Å². The lowest BCUT2D eigenvalue weighted by atomic mass is 9.97. The Bertz CT molecular complexity index is 1350. The quantitative estimate of drug-likeness (QED) is 0.507. The van der Waals surface area contributed by atoms with Crippen LogP contribution in [0.15, 0.2) is 51.9 Å². The molecule has 0 unspecified atom stereocenters. The van der Waals surface area contributed by atoms with Crippen LogP contribution in [0.2, 0.25) is 0 Å². The average molecular weight is 437 g/mol. The van der Waals surface area contributed by atoms with Gasteiger partial charge in [-0.25, -0.2) is 13.8 Å². The Labute approximate surface area is 179 Å². The number of carbonyl (C=O) groups is 1. The Morgan fingerprint density at radius 1 is 1.12 bits per heavy atom. The molecule has 0 fully saturated rings. The zero-order valence-corrected chi connectivity index (χ0v) is 16.7. The minimum atomic E-state index is -1.01. The summed E-state index contributed by atoms with van der Waals surface area (Å²) < 4.78 is 34.8. The summed E-state index contributed by atoms with van der Waals surface area (Å²) in [5.74, 6) is -2.47. The van der Waals surface area contributed by atoms with E-state index in [9.17, 15) is 18.4 Å². The van der Waals surface area contributed by atoms with Gasteiger partial charge in [0.1, 0.15) is 28.7 Å². The Morgan fingerprint density at radius 3 is 2.66 bits per heavy atom. The zero-order valence-electron chi connectivity index (χ0n) is 16.7. The summed E-state index contributed by atoms with van der Waals surface area (Å²) in [7, 11) is 0. The molecule has 3 heterocycles. The van der Waals surface area contributed by atoms with E-state index in [-0.39, 0.29) is 17.3 Å². The number of amides is 1. The largest absolute Gasteiger partial charge is 0.463 e. The van der Waals surface area contributed by atoms with Crippen LogP contribution in [0.4, 0.5) is 14.6 Å². The molecule has 0 saturated heterocycles. The number of nitrogens with one attached hydrogen (secondary N) is 2. The van der Waals surface area contributed by atoms with Gasteiger partial charge >= 0.3 is 0 Å². The minimum Gasteiger partial charge on any atom is -0.463 e. The monoisotopic (exact) mass is 437 g/mol. The second kappa shape index (κ2) is 7.88. The molecule has 1 aliphatic carbocycles. The van der Waals surface area contributed by atoms with E-state index < -0.39 is 23.1 Å². The molecule has 3 aromatic heterocycles. The Hall–Kier alpha value is -4.08. The van der Waals surface area contributed by atoms with Gasteiger partial charge in [-0.1, -0.05) is 6.07 Å². The molecule has 1 aliphatic rings. The van der Waals surface area contributed by atoms with Gasteiger partial charge in [-0.2, -0.15) is 9.78 Å². The molecule has 0 saturated carbocycles. The van der Waals surface area contributed by atoms with Crippen molar-refractivity contribution in [3.05, 3.63) is 81.5 Å². The number of benzene rings is 1. The summed E-state index contributed by atoms with van der Waals surface area (Å²) in [5.41, 5.74) is 0.628. The van der Waals surface area contributed by atoms with E-state index in [2.05, 4.69) is 20.4 Å². The second-order valence-corrected chi connectivity index (χ2v) is 7.38. The van der Waals surface area contributed by atoms with Crippen molar-refractivity contribution in [1.82, 2.24) is 19.7 Å². The van der Waals surface area contributed by atoms with Crippen molar-refractivity contribution in [2.24, 2.45) is 0 Å². The molecule has 10 heteroatoms. The lowest BCUT2D eigenvalue weighted by Crippen LogP contribution is -2.25. The molecule has 4 aromatic rings. The Morgan fingerprint density at radius 2 is 1.91 bits per heavy atom. The van der Waals surface area contributed by atoms with Gasteiger partial charge in [0.15, 0.2) is 5.76 Å². The summed E-state index contributed by atoms with van der Waals surface area (Å²) in [6.07, 6.45) is 4.58. The Kier molecular flexibility index (Phi) is 4.89. The summed E-state index contributed by atoms with van der Waals surface area (Å²) >= 11 is 0. The van der Waals surface area contributed by atoms with E-state index >= 15 is 0 Å². The van der Waals surface area contributed by atoms with Gasteiger partial charge in [-0.15, -0.1) is 0 Å². The first-order valence-corrected chi connectivity index (χ1v) is 10.0. The van der Waals surface area contributed by atoms with E-state index in [1.54, 1.807) is 12.1 Å². The van der Waals surface area contributed by atoms with Crippen LogP contribution >= 0.6 is 0 Å². The van der Waals surface area contributed by atoms with E-state index in [1.807, 2.05) is 0 Å². The van der Waals surface area contributed by atoms with Crippen LogP contribution in [0.5, 0.6) is 0 Å². The smallest absolute Gasteiger partial charge is 0.262 e. The van der Waals surface area contributed by atoms with Crippen LogP contribution in [0.25, 0.3) is 17.4 Å². The first-order valence-electron chi connectivity index (χ1n) is 10.0. The fourth-order valence-corrected chi connectivity index (χ4v) is 3.76. The molecule has 0 radical (unpaired) electrons. The van der Waals surface area contributed by atoms with Crippen molar-refractivity contribution in [3.8, 4) is 17.4 Å². The number of fused-ring (bicyclic) bond motifs is 1. The number of hydrogen-bond donors (Lipinski definition) is 2. The van der Waals surface area contributed by atoms with Crippen LogP contribution in [0.1, 0.15) is 34.5 Å². The fourth-order valence-electron chi connectivity index (χ4n) is 3.76. The van der Waals surface area contributed by atoms with Gasteiger partial charge < -0.3 is 9.73 Å². The first kappa shape index (κ1) is 19.9. The van der Waals surface area contributed by atoms with Gasteiger partial charge in [0.05, 0.1) is 12.0 Å². The van der Waals surface area contributed by atoms with Gasteiger partial charge in [0, 0.05) is 11.6 Å². The van der Waals surface area contributed by atoms with Crippen molar-refractivity contribution in [2.75, 3.05) is 5.32 Å². The number of halogens is 2. The number of rotatable bonds is 4. The topological polar surface area (TPSA) is 106 Å². The fraction of sp³-hybridized carbons (Fsp3) is 0.182. The SMILES string of the molecule is O=C(Nc1cc(-c2ccco2)nn1-c1nc2c(c(=O)[nH]1)CCCC2)c1c(F)cccc1F. The molecule has 32 heavy (non-hydrogen) atoms. The Balaban J connectivity index is 1.61. The first-order chi connectivity index (χ1) is 15.5. The van der Waals surface area contributed by atoms with Gasteiger partial charge in [0.25, 0.3) is 11.5 Å². The molecule has 2 N–H and O–H groups in total. The maximum Gasteiger partial charge on any atom is 0.262 e. The van der Waals surface area contributed by atoms with E-state index in [0.29, 0.717) is 35.6 Å². The third-order valence-electron chi connectivity index (χ3n) is 5.29. The molecule has 1 amide bonds. The second-order valence-electron chi connectivity index (χ2n) is 7.38. The maximum absolute atomic E-state index is 14.1. The van der Waals surface area contributed by atoms with Crippen molar-refractivity contribution < 1.29 is 18.0 Å². The number of carbonyl (C=O) groups excluding carboxylic acids is 1. The highest BCUT2D eigenvalue weighted by atomic mass is 19.1. The van der Waals surface area contributed by atoms with E-state index in [1.165, 1.54) is 23.1 Å². The van der Waals surface area contributed by atoms with Crippen LogP contribution in [0, 0.1) is 11.6 Å². The summed E-state index contributed by atoms with van der Waals surface area (Å²) in [5, 5.41) is 6.86. The maximum atomic E-state index is 14.1. The summed E-state index contributed by atoms with van der Waals surface area (Å²) in [4.78, 5) is 32.5. The molecule has 0 bridgehead atoms. The molecular weight excluding hydrogens is 420 g/mol. The van der Waals surface area contributed by atoms with Gasteiger partial charge in [-0.05, 0) is 49.9 Å². The normalized spacial score (nSPS) is 13.1. The molecule has 0 aliphatic heterocycles. The van der Waals surface area contributed by atoms with Crippen LogP contribution in [0.3, 0.4) is 0 Å². The molecule has 162 valence electrons. The number of anilines is 1. The van der Waals surface area contributed by atoms with E-state index in [0.717, 1.165) is 25.0 Å². The molecule has 5 rings (SSSR count). The summed E-state index contributed by atoms with van der Waals surface area (Å²) in [6.45, 7) is 0. The lowest BCUT2D eigenvalue weighted by Gasteiger charge is -2.15.